The Morgan fingerprint density at radius 2 is 1.85 bits per heavy atom. The summed E-state index contributed by atoms with van der Waals surface area (Å²) >= 11 is 2.33. The summed E-state index contributed by atoms with van der Waals surface area (Å²) < 4.78 is 69.1. The van der Waals surface area contributed by atoms with E-state index in [0.29, 0.717) is 9.75 Å². The van der Waals surface area contributed by atoms with Crippen molar-refractivity contribution in [1.82, 2.24) is 0 Å². The third-order valence-corrected chi connectivity index (χ3v) is 7.10. The molecule has 8 heteroatoms. The van der Waals surface area contributed by atoms with E-state index in [-0.39, 0.29) is 17.0 Å². The van der Waals surface area contributed by atoms with Crippen molar-refractivity contribution in [3.63, 3.8) is 0 Å². The van der Waals surface area contributed by atoms with Crippen LogP contribution in [0.3, 0.4) is 0 Å². The Morgan fingerprint density at radius 3 is 2.30 bits per heavy atom. The Hall–Kier alpha value is -0.770. The maximum atomic E-state index is 13.4. The molecule has 0 amide bonds. The van der Waals surface area contributed by atoms with Crippen LogP contribution in [0.1, 0.15) is 32.2 Å². The van der Waals surface area contributed by atoms with Crippen molar-refractivity contribution in [1.29, 1.82) is 0 Å². The molecule has 0 spiro atoms. The van der Waals surface area contributed by atoms with E-state index in [9.17, 15) is 9.90 Å². The first-order valence-electron chi connectivity index (χ1n) is 11.7. The van der Waals surface area contributed by atoms with Crippen molar-refractivity contribution in [3.05, 3.63) is 44.8 Å². The van der Waals surface area contributed by atoms with Crippen LogP contribution in [0.15, 0.2) is 35.0 Å². The van der Waals surface area contributed by atoms with E-state index in [0.717, 1.165) is 22.7 Å². The fourth-order valence-electron chi connectivity index (χ4n) is 3.69. The second-order valence-corrected chi connectivity index (χ2v) is 8.66. The average molecular weight is 479 g/mol. The molecule has 146 valence electrons. The summed E-state index contributed by atoms with van der Waals surface area (Å²) in [5, 5.41) is 14.9. The number of carbonyl (C=O) groups is 1. The van der Waals surface area contributed by atoms with Crippen LogP contribution in [-0.2, 0) is 19.9 Å². The SMILES string of the molecule is [2H]C12OC1([2H])C1([2H])CC(OC(=O)C(O)(c3cccs3)c3cccs3)CC2([2H])[N+]1(C)C([2H])([2H])[2H].[Br-]. The van der Waals surface area contributed by atoms with Crippen LogP contribution >= 0.6 is 22.7 Å². The molecule has 2 aromatic heterocycles. The van der Waals surface area contributed by atoms with Crippen molar-refractivity contribution in [3.8, 4) is 0 Å². The van der Waals surface area contributed by atoms with Crippen LogP contribution < -0.4 is 17.0 Å². The lowest BCUT2D eigenvalue weighted by atomic mass is 9.95. The van der Waals surface area contributed by atoms with E-state index in [1.165, 1.54) is 7.05 Å². The van der Waals surface area contributed by atoms with Gasteiger partial charge in [0.25, 0.3) is 0 Å². The van der Waals surface area contributed by atoms with Crippen LogP contribution in [0.25, 0.3) is 0 Å². The molecule has 5 nitrogen and oxygen atoms in total. The lowest BCUT2D eigenvalue weighted by molar-refractivity contribution is -0.938. The normalized spacial score (nSPS) is 51.8. The van der Waals surface area contributed by atoms with Gasteiger partial charge in [-0.2, -0.15) is 0 Å². The molecule has 2 aromatic rings. The monoisotopic (exact) mass is 478 g/mol. The number of likely N-dealkylation sites (N-methyl/N-ethyl adjacent to an activating group) is 1. The van der Waals surface area contributed by atoms with E-state index < -0.39 is 66.2 Å². The third kappa shape index (κ3) is 2.84. The number of thiophene rings is 2. The first-order chi connectivity index (χ1) is 15.1. The molecule has 3 saturated heterocycles. The highest BCUT2D eigenvalue weighted by molar-refractivity contribution is 7.12. The Kier molecular flexibility index (Phi) is 3.13. The van der Waals surface area contributed by atoms with Crippen molar-refractivity contribution < 1.29 is 50.4 Å². The van der Waals surface area contributed by atoms with Gasteiger partial charge < -0.3 is 36.0 Å². The van der Waals surface area contributed by atoms with Gasteiger partial charge in [0.2, 0.25) is 5.60 Å². The molecular formula is C19H22BrNO4S2. The summed E-state index contributed by atoms with van der Waals surface area (Å²) in [7, 11) is 1.18. The Balaban J connectivity index is 0.00000274. The van der Waals surface area contributed by atoms with Gasteiger partial charge in [-0.25, -0.2) is 4.79 Å². The first kappa shape index (κ1) is 12.7. The summed E-state index contributed by atoms with van der Waals surface area (Å²) in [6.07, 6.45) is -6.53. The molecule has 3 fully saturated rings. The number of aliphatic hydroxyl groups is 1. The van der Waals surface area contributed by atoms with Crippen LogP contribution in [0, 0.1) is 0 Å². The summed E-state index contributed by atoms with van der Waals surface area (Å²) in [5.74, 6) is -1.01. The molecule has 2 bridgehead atoms. The number of rotatable bonds is 4. The predicted molar refractivity (Wildman–Crippen MR) is 99.1 cm³/mol. The molecule has 0 aromatic carbocycles. The number of halogens is 1. The van der Waals surface area contributed by atoms with Gasteiger partial charge >= 0.3 is 5.97 Å². The van der Waals surface area contributed by atoms with Crippen LogP contribution in [0.5, 0.6) is 0 Å². The van der Waals surface area contributed by atoms with Gasteiger partial charge in [-0.15, -0.1) is 22.7 Å². The molecule has 0 aliphatic carbocycles. The molecule has 5 heterocycles. The average Bonchev–Trinajstić information content (AvgIpc) is 3.21. The van der Waals surface area contributed by atoms with Gasteiger partial charge in [0.05, 0.1) is 33.4 Å². The lowest BCUT2D eigenvalue weighted by Crippen LogP contribution is -3.00. The second kappa shape index (κ2) is 6.64. The van der Waals surface area contributed by atoms with Crippen molar-refractivity contribution >= 4 is 28.6 Å². The molecule has 1 N–H and O–H groups in total. The molecular weight excluding hydrogens is 450 g/mol. The predicted octanol–water partition coefficient (Wildman–Crippen LogP) is -0.650. The van der Waals surface area contributed by atoms with Gasteiger partial charge in [0.15, 0.2) is 0 Å². The number of nitrogens with zero attached hydrogens (tertiary/aromatic N) is 1. The van der Waals surface area contributed by atoms with Crippen LogP contribution in [-0.4, -0.2) is 59.9 Å². The molecule has 4 unspecified atom stereocenters. The topological polar surface area (TPSA) is 59.1 Å². The molecule has 0 saturated carbocycles. The summed E-state index contributed by atoms with van der Waals surface area (Å²) in [6, 6.07) is 2.02. The van der Waals surface area contributed by atoms with Crippen molar-refractivity contribution in [2.24, 2.45) is 0 Å². The lowest BCUT2D eigenvalue weighted by Gasteiger charge is -2.45. The van der Waals surface area contributed by atoms with Gasteiger partial charge in [0, 0.05) is 12.8 Å². The van der Waals surface area contributed by atoms with Crippen molar-refractivity contribution in [2.45, 2.75) is 48.7 Å². The van der Waals surface area contributed by atoms with E-state index in [4.69, 9.17) is 19.1 Å². The number of hydrogen-bond donors (Lipinski definition) is 1. The molecule has 3 aliphatic heterocycles. The van der Waals surface area contributed by atoms with E-state index >= 15 is 0 Å². The Bertz CT molecular complexity index is 1050. The minimum Gasteiger partial charge on any atom is -1.00 e. The third-order valence-electron chi connectivity index (χ3n) is 5.14. The highest BCUT2D eigenvalue weighted by Crippen LogP contribution is 2.52. The van der Waals surface area contributed by atoms with E-state index in [1.807, 2.05) is 0 Å². The summed E-state index contributed by atoms with van der Waals surface area (Å²) in [6.45, 7) is -2.88. The molecule has 4 atom stereocenters. The number of piperidine rings is 1. The number of morpholine rings is 1. The number of carbonyl (C=O) groups excluding carboxylic acids is 1. The van der Waals surface area contributed by atoms with E-state index in [2.05, 4.69) is 0 Å². The number of ether oxygens (including phenoxy) is 2. The first-order valence-corrected chi connectivity index (χ1v) is 9.97. The number of esters is 1. The Labute approximate surface area is 186 Å². The summed E-state index contributed by atoms with van der Waals surface area (Å²) in [4.78, 5) is 14.0. The smallest absolute Gasteiger partial charge is 0.349 e. The van der Waals surface area contributed by atoms with Gasteiger partial charge in [-0.05, 0) is 22.9 Å². The highest BCUT2D eigenvalue weighted by atomic mass is 79.9. The molecule has 0 radical (unpaired) electrons. The highest BCUT2D eigenvalue weighted by Gasteiger charge is 2.71. The van der Waals surface area contributed by atoms with Crippen molar-refractivity contribution in [2.75, 3.05) is 14.0 Å². The van der Waals surface area contributed by atoms with Gasteiger partial charge in [-0.3, -0.25) is 0 Å². The fourth-order valence-corrected chi connectivity index (χ4v) is 5.41. The minimum absolute atomic E-state index is 0. The maximum Gasteiger partial charge on any atom is 0.349 e. The molecule has 27 heavy (non-hydrogen) atoms. The zero-order chi connectivity index (χ0) is 24.3. The number of hydrogen-bond acceptors (Lipinski definition) is 6. The largest absolute Gasteiger partial charge is 1.00 e. The fraction of sp³-hybridized carbons (Fsp3) is 0.526. The minimum atomic E-state index is -2.88. The van der Waals surface area contributed by atoms with Gasteiger partial charge in [-0.1, -0.05) is 12.1 Å². The second-order valence-electron chi connectivity index (χ2n) is 6.76. The number of quaternary nitrogens is 1. The standard InChI is InChI=1S/C19H22NO4S2.BrH/c1-20(2)12-9-11(10-13(20)17-16(12)24-17)23-18(21)19(22,14-5-3-7-25-14)15-6-4-8-26-15;/h3-8,11-13,16-17,22H,9-10H2,1-2H3;1H/q+1;/p-1/i1D3,12D,13D,16D,17D;. The van der Waals surface area contributed by atoms with Crippen LogP contribution in [0.2, 0.25) is 0 Å². The number of epoxide rings is 1. The summed E-state index contributed by atoms with van der Waals surface area (Å²) in [5.41, 5.74) is -2.11. The Morgan fingerprint density at radius 1 is 1.30 bits per heavy atom. The molecule has 5 rings (SSSR count). The zero-order valence-electron chi connectivity index (χ0n) is 21.3. The molecule has 3 aliphatic rings. The zero-order valence-corrected chi connectivity index (χ0v) is 17.5. The van der Waals surface area contributed by atoms with Crippen LogP contribution in [0.4, 0.5) is 0 Å². The van der Waals surface area contributed by atoms with E-state index in [1.54, 1.807) is 35.0 Å². The maximum absolute atomic E-state index is 13.4. The number of fused-ring (bicyclic) bond motifs is 5. The van der Waals surface area contributed by atoms with Gasteiger partial charge in [0.1, 0.15) is 30.3 Å². The quantitative estimate of drug-likeness (QED) is 0.360.